The molecule has 146 valence electrons. The molecule has 1 aliphatic heterocycles. The van der Waals surface area contributed by atoms with E-state index >= 15 is 0 Å². The highest BCUT2D eigenvalue weighted by Crippen LogP contribution is 2.33. The highest BCUT2D eigenvalue weighted by molar-refractivity contribution is 5.77. The zero-order valence-electron chi connectivity index (χ0n) is 16.4. The summed E-state index contributed by atoms with van der Waals surface area (Å²) in [6, 6.07) is 3.67. The highest BCUT2D eigenvalue weighted by atomic mass is 16.6. The van der Waals surface area contributed by atoms with Gasteiger partial charge in [-0.05, 0) is 44.0 Å². The summed E-state index contributed by atoms with van der Waals surface area (Å²) in [6.07, 6.45) is 5.65. The van der Waals surface area contributed by atoms with Crippen molar-refractivity contribution in [3.63, 3.8) is 0 Å². The van der Waals surface area contributed by atoms with Crippen LogP contribution in [-0.2, 0) is 29.7 Å². The molecule has 0 atom stereocenters. The number of ether oxygens (including phenoxy) is 2. The molecule has 0 saturated heterocycles. The first-order chi connectivity index (χ1) is 12.7. The number of hydrogen-bond acceptors (Lipinski definition) is 5. The number of nitrogens with zero attached hydrogens (tertiary/aromatic N) is 3. The van der Waals surface area contributed by atoms with Gasteiger partial charge in [-0.3, -0.25) is 9.69 Å². The fourth-order valence-corrected chi connectivity index (χ4v) is 2.55. The van der Waals surface area contributed by atoms with Gasteiger partial charge in [0.05, 0.1) is 19.1 Å². The highest BCUT2D eigenvalue weighted by Gasteiger charge is 2.28. The number of nitrogens with one attached hydrogen (secondary N) is 1. The quantitative estimate of drug-likeness (QED) is 0.835. The maximum absolute atomic E-state index is 12.1. The molecule has 8 nitrogen and oxygen atoms in total. The standard InChI is InChI=1S/C15H20N2O4.C4H6N2/c1-15(2,3)21-14(19)17-7-10-5-12(16-9-18)13(20-4)6-11(10)8-17;1-6-3-2-5-4-6/h5-6,9H,7-8H2,1-4H3,(H,16,18);2-4H,1H3. The van der Waals surface area contributed by atoms with Gasteiger partial charge in [-0.2, -0.15) is 0 Å². The van der Waals surface area contributed by atoms with Crippen molar-refractivity contribution in [1.82, 2.24) is 14.5 Å². The first kappa shape index (κ1) is 20.3. The number of anilines is 1. The van der Waals surface area contributed by atoms with Crippen LogP contribution in [0, 0.1) is 0 Å². The molecular weight excluding hydrogens is 348 g/mol. The summed E-state index contributed by atoms with van der Waals surface area (Å²) in [5.41, 5.74) is 2.05. The van der Waals surface area contributed by atoms with Crippen molar-refractivity contribution in [3.8, 4) is 5.75 Å². The number of rotatable bonds is 3. The first-order valence-corrected chi connectivity index (χ1v) is 8.53. The molecule has 1 aromatic carbocycles. The number of carbonyl (C=O) groups is 2. The summed E-state index contributed by atoms with van der Waals surface area (Å²) in [5, 5.41) is 2.60. The minimum Gasteiger partial charge on any atom is -0.495 e. The van der Waals surface area contributed by atoms with E-state index in [1.807, 2.05) is 50.7 Å². The van der Waals surface area contributed by atoms with Gasteiger partial charge in [0.2, 0.25) is 6.41 Å². The van der Waals surface area contributed by atoms with Gasteiger partial charge in [-0.15, -0.1) is 0 Å². The molecule has 1 aromatic heterocycles. The Bertz CT molecular complexity index is 782. The van der Waals surface area contributed by atoms with Crippen LogP contribution in [0.15, 0.2) is 30.9 Å². The zero-order valence-corrected chi connectivity index (χ0v) is 16.4. The van der Waals surface area contributed by atoms with Gasteiger partial charge in [0.15, 0.2) is 0 Å². The van der Waals surface area contributed by atoms with Gasteiger partial charge in [0.25, 0.3) is 0 Å². The van der Waals surface area contributed by atoms with E-state index in [0.717, 1.165) is 11.1 Å². The first-order valence-electron chi connectivity index (χ1n) is 8.53. The monoisotopic (exact) mass is 374 g/mol. The maximum Gasteiger partial charge on any atom is 0.410 e. The Morgan fingerprint density at radius 1 is 1.26 bits per heavy atom. The number of methoxy groups -OCH3 is 1. The third-order valence-electron chi connectivity index (χ3n) is 3.75. The molecule has 0 aliphatic carbocycles. The summed E-state index contributed by atoms with van der Waals surface area (Å²) < 4.78 is 12.5. The predicted octanol–water partition coefficient (Wildman–Crippen LogP) is 2.93. The van der Waals surface area contributed by atoms with Crippen LogP contribution in [0.25, 0.3) is 0 Å². The third kappa shape index (κ3) is 5.73. The van der Waals surface area contributed by atoms with Crippen molar-refractivity contribution in [3.05, 3.63) is 42.0 Å². The average Bonchev–Trinajstić information content (AvgIpc) is 3.22. The second-order valence-electron chi connectivity index (χ2n) is 7.15. The third-order valence-corrected chi connectivity index (χ3v) is 3.75. The van der Waals surface area contributed by atoms with Crippen LogP contribution in [0.2, 0.25) is 0 Å². The molecular formula is C19H26N4O4. The summed E-state index contributed by atoms with van der Waals surface area (Å²) in [4.78, 5) is 28.1. The number of benzene rings is 1. The molecule has 27 heavy (non-hydrogen) atoms. The largest absolute Gasteiger partial charge is 0.495 e. The van der Waals surface area contributed by atoms with Crippen LogP contribution < -0.4 is 10.1 Å². The number of imidazole rings is 1. The molecule has 0 spiro atoms. The molecule has 8 heteroatoms. The van der Waals surface area contributed by atoms with Crippen molar-refractivity contribution in [2.75, 3.05) is 12.4 Å². The Labute approximate surface area is 159 Å². The normalized spacial score (nSPS) is 12.6. The lowest BCUT2D eigenvalue weighted by molar-refractivity contribution is -0.105. The number of fused-ring (bicyclic) bond motifs is 1. The summed E-state index contributed by atoms with van der Waals surface area (Å²) in [5.74, 6) is 0.576. The average molecular weight is 374 g/mol. The van der Waals surface area contributed by atoms with Gasteiger partial charge in [0.1, 0.15) is 11.4 Å². The molecule has 2 amide bonds. The van der Waals surface area contributed by atoms with E-state index in [9.17, 15) is 9.59 Å². The molecule has 0 radical (unpaired) electrons. The van der Waals surface area contributed by atoms with Gasteiger partial charge in [0, 0.05) is 32.5 Å². The Morgan fingerprint density at radius 2 is 1.93 bits per heavy atom. The lowest BCUT2D eigenvalue weighted by atomic mass is 10.1. The van der Waals surface area contributed by atoms with E-state index in [0.29, 0.717) is 30.9 Å². The van der Waals surface area contributed by atoms with Crippen molar-refractivity contribution in [1.29, 1.82) is 0 Å². The number of aryl methyl sites for hydroxylation is 1. The summed E-state index contributed by atoms with van der Waals surface area (Å²) >= 11 is 0. The van der Waals surface area contributed by atoms with Crippen molar-refractivity contribution < 1.29 is 19.1 Å². The van der Waals surface area contributed by atoms with Crippen LogP contribution in [0.5, 0.6) is 5.75 Å². The molecule has 0 bridgehead atoms. The second kappa shape index (κ2) is 8.57. The Morgan fingerprint density at radius 3 is 2.37 bits per heavy atom. The summed E-state index contributed by atoms with van der Waals surface area (Å²) in [7, 11) is 3.48. The Balaban J connectivity index is 0.000000369. The van der Waals surface area contributed by atoms with Crippen LogP contribution in [0.1, 0.15) is 31.9 Å². The number of carbonyl (C=O) groups excluding carboxylic acids is 2. The van der Waals surface area contributed by atoms with E-state index in [2.05, 4.69) is 10.3 Å². The number of aromatic nitrogens is 2. The molecule has 2 aromatic rings. The van der Waals surface area contributed by atoms with E-state index in [1.54, 1.807) is 17.4 Å². The van der Waals surface area contributed by atoms with E-state index in [-0.39, 0.29) is 6.09 Å². The zero-order chi connectivity index (χ0) is 20.0. The van der Waals surface area contributed by atoms with Gasteiger partial charge in [-0.1, -0.05) is 0 Å². The second-order valence-corrected chi connectivity index (χ2v) is 7.15. The SMILES string of the molecule is COc1cc2c(cc1NC=O)CN(C(=O)OC(C)(C)C)C2.Cn1ccnc1. The van der Waals surface area contributed by atoms with E-state index < -0.39 is 5.60 Å². The molecule has 3 rings (SSSR count). The molecule has 1 N–H and O–H groups in total. The maximum atomic E-state index is 12.1. The summed E-state index contributed by atoms with van der Waals surface area (Å²) in [6.45, 7) is 6.44. The van der Waals surface area contributed by atoms with Crippen LogP contribution in [0.3, 0.4) is 0 Å². The smallest absolute Gasteiger partial charge is 0.410 e. The van der Waals surface area contributed by atoms with E-state index in [1.165, 1.54) is 7.11 Å². The fraction of sp³-hybridized carbons (Fsp3) is 0.421. The Kier molecular flexibility index (Phi) is 6.44. The number of amides is 2. The topological polar surface area (TPSA) is 85.7 Å². The van der Waals surface area contributed by atoms with Gasteiger partial charge >= 0.3 is 6.09 Å². The Hall–Kier alpha value is -3.03. The molecule has 0 saturated carbocycles. The number of hydrogen-bond donors (Lipinski definition) is 1. The molecule has 1 aliphatic rings. The van der Waals surface area contributed by atoms with Crippen molar-refractivity contribution in [2.45, 2.75) is 39.5 Å². The van der Waals surface area contributed by atoms with E-state index in [4.69, 9.17) is 9.47 Å². The minimum absolute atomic E-state index is 0.345. The van der Waals surface area contributed by atoms with Crippen LogP contribution >= 0.6 is 0 Å². The lowest BCUT2D eigenvalue weighted by Crippen LogP contribution is -2.33. The fourth-order valence-electron chi connectivity index (χ4n) is 2.55. The molecule has 0 fully saturated rings. The van der Waals surface area contributed by atoms with Gasteiger partial charge in [-0.25, -0.2) is 9.78 Å². The van der Waals surface area contributed by atoms with Crippen molar-refractivity contribution in [2.24, 2.45) is 7.05 Å². The van der Waals surface area contributed by atoms with Crippen molar-refractivity contribution >= 4 is 18.2 Å². The van der Waals surface area contributed by atoms with Crippen LogP contribution in [-0.4, -0.2) is 39.7 Å². The minimum atomic E-state index is -0.520. The van der Waals surface area contributed by atoms with Crippen LogP contribution in [0.4, 0.5) is 10.5 Å². The predicted molar refractivity (Wildman–Crippen MR) is 101 cm³/mol. The lowest BCUT2D eigenvalue weighted by Gasteiger charge is -2.24. The molecule has 2 heterocycles. The van der Waals surface area contributed by atoms with Gasteiger partial charge < -0.3 is 19.4 Å². The molecule has 0 unspecified atom stereocenters.